The second-order valence-corrected chi connectivity index (χ2v) is 10.5. The average Bonchev–Trinajstić information content (AvgIpc) is 3.38. The van der Waals surface area contributed by atoms with Crippen LogP contribution in [-0.4, -0.2) is 16.7 Å². The molecule has 1 amide bonds. The Hall–Kier alpha value is -2.33. The summed E-state index contributed by atoms with van der Waals surface area (Å²) in [6, 6.07) is 19.0. The second kappa shape index (κ2) is 9.73. The van der Waals surface area contributed by atoms with Crippen molar-refractivity contribution >= 4 is 95.7 Å². The van der Waals surface area contributed by atoms with Gasteiger partial charge >= 0.3 is 5.91 Å². The molecule has 0 radical (unpaired) electrons. The van der Waals surface area contributed by atoms with Gasteiger partial charge < -0.3 is 8.98 Å². The maximum Gasteiger partial charge on any atom is 0.307 e. The molecule has 9 heteroatoms. The van der Waals surface area contributed by atoms with Gasteiger partial charge in [-0.25, -0.2) is 5.43 Å². The summed E-state index contributed by atoms with van der Waals surface area (Å²) in [6.07, 6.45) is 3.61. The third-order valence-electron chi connectivity index (χ3n) is 5.30. The molecule has 0 bridgehead atoms. The van der Waals surface area contributed by atoms with Crippen LogP contribution in [0.4, 0.5) is 0 Å². The first-order chi connectivity index (χ1) is 16.4. The summed E-state index contributed by atoms with van der Waals surface area (Å²) in [5.41, 5.74) is 6.07. The van der Waals surface area contributed by atoms with Gasteiger partial charge in [0.25, 0.3) is 0 Å². The van der Waals surface area contributed by atoms with E-state index in [9.17, 15) is 4.79 Å². The molecular formula is C25H15BrCl2IN3O2. The number of amides is 1. The normalized spacial score (nSPS) is 11.6. The van der Waals surface area contributed by atoms with Crippen LogP contribution in [0.3, 0.4) is 0 Å². The number of carbonyl (C=O) groups excluding carboxylic acids is 1. The van der Waals surface area contributed by atoms with Crippen LogP contribution in [0.25, 0.3) is 21.9 Å². The fourth-order valence-corrected chi connectivity index (χ4v) is 5.87. The standard InChI is InChI=1S/C25H15BrCl2IN3O2/c26-17-7-15-8-23(34-24(15)21(29)9-17)25(33)31-30-11-16-13-32(22-4-2-1-3-19(16)22)12-14-5-6-18(27)10-20(14)28/h1-11,13H,12H2,(H,31,33)/b30-11-. The first kappa shape index (κ1) is 23.4. The quantitative estimate of drug-likeness (QED) is 0.118. The molecule has 5 rings (SSSR count). The van der Waals surface area contributed by atoms with E-state index in [0.717, 1.165) is 35.5 Å². The maximum absolute atomic E-state index is 12.6. The van der Waals surface area contributed by atoms with Crippen LogP contribution in [0.1, 0.15) is 21.7 Å². The van der Waals surface area contributed by atoms with Crippen molar-refractivity contribution in [1.29, 1.82) is 0 Å². The zero-order valence-corrected chi connectivity index (χ0v) is 22.6. The summed E-state index contributed by atoms with van der Waals surface area (Å²) < 4.78 is 9.67. The van der Waals surface area contributed by atoms with Gasteiger partial charge in [0, 0.05) is 49.1 Å². The molecule has 3 aromatic carbocycles. The number of benzene rings is 3. The fraction of sp³-hybridized carbons (Fsp3) is 0.0400. The molecule has 2 heterocycles. The third kappa shape index (κ3) is 4.75. The summed E-state index contributed by atoms with van der Waals surface area (Å²) in [6.45, 7) is 0.573. The van der Waals surface area contributed by atoms with Crippen molar-refractivity contribution in [3.63, 3.8) is 0 Å². The van der Waals surface area contributed by atoms with E-state index >= 15 is 0 Å². The number of aromatic nitrogens is 1. The molecular weight excluding hydrogens is 652 g/mol. The molecule has 0 saturated heterocycles. The van der Waals surface area contributed by atoms with Crippen LogP contribution in [0.5, 0.6) is 0 Å². The van der Waals surface area contributed by atoms with Gasteiger partial charge in [0.05, 0.1) is 9.78 Å². The number of rotatable bonds is 5. The van der Waals surface area contributed by atoms with E-state index in [1.165, 1.54) is 0 Å². The Morgan fingerprint density at radius 1 is 1.15 bits per heavy atom. The van der Waals surface area contributed by atoms with Crippen LogP contribution < -0.4 is 5.43 Å². The van der Waals surface area contributed by atoms with Crippen LogP contribution >= 0.6 is 61.7 Å². The predicted molar refractivity (Wildman–Crippen MR) is 149 cm³/mol. The van der Waals surface area contributed by atoms with Crippen LogP contribution in [0.2, 0.25) is 10.0 Å². The number of furan rings is 1. The summed E-state index contributed by atoms with van der Waals surface area (Å²) >= 11 is 18.0. The Balaban J connectivity index is 1.39. The number of hydrogen-bond donors (Lipinski definition) is 1. The number of nitrogens with zero attached hydrogens (tertiary/aromatic N) is 2. The van der Waals surface area contributed by atoms with Crippen molar-refractivity contribution in [1.82, 2.24) is 9.99 Å². The van der Waals surface area contributed by atoms with Gasteiger partial charge in [-0.3, -0.25) is 4.79 Å². The number of fused-ring (bicyclic) bond motifs is 2. The number of carbonyl (C=O) groups is 1. The molecule has 5 nitrogen and oxygen atoms in total. The number of hydrogen-bond acceptors (Lipinski definition) is 3. The fourth-order valence-electron chi connectivity index (χ4n) is 3.75. The molecule has 0 unspecified atom stereocenters. The topological polar surface area (TPSA) is 59.5 Å². The van der Waals surface area contributed by atoms with Crippen molar-refractivity contribution in [2.45, 2.75) is 6.54 Å². The third-order valence-corrected chi connectivity index (χ3v) is 7.15. The van der Waals surface area contributed by atoms with Crippen molar-refractivity contribution in [3.8, 4) is 0 Å². The highest BCUT2D eigenvalue weighted by Crippen LogP contribution is 2.29. The molecule has 0 aliphatic carbocycles. The monoisotopic (exact) mass is 665 g/mol. The van der Waals surface area contributed by atoms with Crippen molar-refractivity contribution in [3.05, 3.63) is 102 Å². The average molecular weight is 667 g/mol. The molecule has 2 aromatic heterocycles. The lowest BCUT2D eigenvalue weighted by molar-refractivity contribution is 0.0929. The van der Waals surface area contributed by atoms with Crippen LogP contribution in [-0.2, 0) is 6.54 Å². The summed E-state index contributed by atoms with van der Waals surface area (Å²) in [7, 11) is 0. The van der Waals surface area contributed by atoms with Crippen molar-refractivity contribution < 1.29 is 9.21 Å². The van der Waals surface area contributed by atoms with Gasteiger partial charge in [-0.1, -0.05) is 63.4 Å². The van der Waals surface area contributed by atoms with E-state index in [1.54, 1.807) is 18.3 Å². The van der Waals surface area contributed by atoms with E-state index in [-0.39, 0.29) is 5.76 Å². The maximum atomic E-state index is 12.6. The predicted octanol–water partition coefficient (Wildman–Crippen LogP) is 7.87. The van der Waals surface area contributed by atoms with Gasteiger partial charge in [0.15, 0.2) is 5.76 Å². The molecule has 0 aliphatic heterocycles. The molecule has 5 aromatic rings. The van der Waals surface area contributed by atoms with Crippen LogP contribution in [0, 0.1) is 3.57 Å². The zero-order valence-electron chi connectivity index (χ0n) is 17.4. The lowest BCUT2D eigenvalue weighted by Crippen LogP contribution is -2.16. The summed E-state index contributed by atoms with van der Waals surface area (Å²) in [4.78, 5) is 12.6. The first-order valence-electron chi connectivity index (χ1n) is 10.1. The highest BCUT2D eigenvalue weighted by atomic mass is 127. The van der Waals surface area contributed by atoms with Gasteiger partial charge in [-0.2, -0.15) is 5.10 Å². The lowest BCUT2D eigenvalue weighted by atomic mass is 10.2. The second-order valence-electron chi connectivity index (χ2n) is 7.58. The minimum Gasteiger partial charge on any atom is -0.450 e. The molecule has 34 heavy (non-hydrogen) atoms. The number of halogens is 4. The first-order valence-corrected chi connectivity index (χ1v) is 12.8. The Morgan fingerprint density at radius 2 is 1.97 bits per heavy atom. The smallest absolute Gasteiger partial charge is 0.307 e. The van der Waals surface area contributed by atoms with Crippen molar-refractivity contribution in [2.75, 3.05) is 0 Å². The van der Waals surface area contributed by atoms with Gasteiger partial charge in [0.1, 0.15) is 5.58 Å². The molecule has 0 spiro atoms. The van der Waals surface area contributed by atoms with Crippen LogP contribution in [0.15, 0.2) is 80.9 Å². The Kier molecular flexibility index (Phi) is 6.70. The Labute approximate surface area is 227 Å². The molecule has 170 valence electrons. The Bertz CT molecular complexity index is 1590. The lowest BCUT2D eigenvalue weighted by Gasteiger charge is -2.08. The number of nitrogens with one attached hydrogen (secondary N) is 1. The van der Waals surface area contributed by atoms with Crippen molar-refractivity contribution in [2.24, 2.45) is 5.10 Å². The number of hydrazone groups is 1. The molecule has 0 saturated carbocycles. The van der Waals surface area contributed by atoms with E-state index in [4.69, 9.17) is 27.6 Å². The largest absolute Gasteiger partial charge is 0.450 e. The highest BCUT2D eigenvalue weighted by molar-refractivity contribution is 14.1. The van der Waals surface area contributed by atoms with E-state index in [2.05, 4.69) is 53.6 Å². The van der Waals surface area contributed by atoms with E-state index in [0.29, 0.717) is 22.2 Å². The van der Waals surface area contributed by atoms with Gasteiger partial charge in [-0.15, -0.1) is 0 Å². The molecule has 0 aliphatic rings. The van der Waals surface area contributed by atoms with E-state index in [1.807, 2.05) is 54.7 Å². The van der Waals surface area contributed by atoms with E-state index < -0.39 is 5.91 Å². The minimum absolute atomic E-state index is 0.197. The SMILES string of the molecule is O=C(N/N=C\c1cn(Cc2ccc(Cl)cc2Cl)c2ccccc12)c1cc2cc(Br)cc(I)c2o1. The molecule has 0 atom stereocenters. The minimum atomic E-state index is -0.420. The van der Waals surface area contributed by atoms with Gasteiger partial charge in [0.2, 0.25) is 0 Å². The zero-order chi connectivity index (χ0) is 23.8. The highest BCUT2D eigenvalue weighted by Gasteiger charge is 2.14. The summed E-state index contributed by atoms with van der Waals surface area (Å²) in [5, 5.41) is 7.24. The molecule has 1 N–H and O–H groups in total. The summed E-state index contributed by atoms with van der Waals surface area (Å²) in [5.74, 6) is -0.223. The Morgan fingerprint density at radius 3 is 2.79 bits per heavy atom. The van der Waals surface area contributed by atoms with Gasteiger partial charge in [-0.05, 0) is 64.6 Å². The number of para-hydroxylation sites is 1. The molecule has 0 fully saturated rings.